The van der Waals surface area contributed by atoms with E-state index in [2.05, 4.69) is 43.5 Å². The number of amides is 1. The Kier molecular flexibility index (Phi) is 43.0. The van der Waals surface area contributed by atoms with Gasteiger partial charge < -0.3 is 19.8 Å². The molecule has 0 bridgehead atoms. The van der Waals surface area contributed by atoms with Gasteiger partial charge in [0.1, 0.15) is 13.2 Å². The molecule has 0 aromatic heterocycles. The fourth-order valence-corrected chi connectivity index (χ4v) is 8.22. The van der Waals surface area contributed by atoms with Gasteiger partial charge in [-0.25, -0.2) is 4.57 Å². The average molecular weight is 882 g/mol. The molecule has 360 valence electrons. The van der Waals surface area contributed by atoms with E-state index in [-0.39, 0.29) is 19.1 Å². The maximum absolute atomic E-state index is 12.9. The number of nitrogens with zero attached hydrogens (tertiary/aromatic N) is 1. The monoisotopic (exact) mass is 882 g/mol. The molecular weight excluding hydrogens is 780 g/mol. The van der Waals surface area contributed by atoms with Crippen LogP contribution in [0.5, 0.6) is 0 Å². The molecule has 0 aliphatic heterocycles. The zero-order valence-corrected chi connectivity index (χ0v) is 41.8. The highest BCUT2D eigenvalue weighted by Gasteiger charge is 2.27. The summed E-state index contributed by atoms with van der Waals surface area (Å²) in [5, 5.41) is 13.9. The minimum absolute atomic E-state index is 0.0549. The van der Waals surface area contributed by atoms with Crippen LogP contribution >= 0.6 is 7.82 Å². The predicted octanol–water partition coefficient (Wildman–Crippen LogP) is 15.0. The minimum atomic E-state index is -4.35. The number of quaternary nitrogens is 1. The van der Waals surface area contributed by atoms with Gasteiger partial charge >= 0.3 is 7.82 Å². The van der Waals surface area contributed by atoms with Gasteiger partial charge in [-0.1, -0.05) is 224 Å². The first-order valence-corrected chi connectivity index (χ1v) is 27.4. The number of rotatable bonds is 47. The predicted molar refractivity (Wildman–Crippen MR) is 263 cm³/mol. The first kappa shape index (κ1) is 59.7. The van der Waals surface area contributed by atoms with Crippen LogP contribution in [0.4, 0.5) is 0 Å². The summed E-state index contributed by atoms with van der Waals surface area (Å²) in [4.78, 5) is 23.2. The van der Waals surface area contributed by atoms with Crippen molar-refractivity contribution in [3.8, 4) is 0 Å². The molecule has 1 amide bonds. The van der Waals surface area contributed by atoms with Crippen molar-refractivity contribution in [1.82, 2.24) is 5.32 Å². The molecular formula is C52H102N2O6P+. The molecule has 0 rings (SSSR count). The van der Waals surface area contributed by atoms with Gasteiger partial charge in [0.15, 0.2) is 0 Å². The number of unbranched alkanes of at least 4 members (excludes halogenated alkanes) is 30. The minimum Gasteiger partial charge on any atom is -0.387 e. The lowest BCUT2D eigenvalue weighted by Crippen LogP contribution is -2.45. The lowest BCUT2D eigenvalue weighted by Gasteiger charge is -2.25. The smallest absolute Gasteiger partial charge is 0.387 e. The van der Waals surface area contributed by atoms with E-state index < -0.39 is 20.0 Å². The molecule has 9 heteroatoms. The number of aliphatic hydroxyl groups excluding tert-OH is 1. The van der Waals surface area contributed by atoms with Gasteiger partial charge in [-0.05, 0) is 44.9 Å². The Balaban J connectivity index is 4.36. The summed E-state index contributed by atoms with van der Waals surface area (Å²) in [6, 6.07) is -0.866. The topological polar surface area (TPSA) is 105 Å². The highest BCUT2D eigenvalue weighted by atomic mass is 31.2. The SMILES string of the molecule is CCCCCCCCCCC/C=C/CC/C=C/CC/C=C/C(O)C(COP(=O)(O)OCC[N+](C)(C)C)NC(=O)CCCCCCCCCCCCCCCCCCCCCC. The Morgan fingerprint density at radius 1 is 0.541 bits per heavy atom. The summed E-state index contributed by atoms with van der Waals surface area (Å²) in [5.74, 6) is -0.188. The van der Waals surface area contributed by atoms with E-state index in [9.17, 15) is 19.4 Å². The summed E-state index contributed by atoms with van der Waals surface area (Å²) < 4.78 is 23.6. The van der Waals surface area contributed by atoms with Crippen molar-refractivity contribution >= 4 is 13.7 Å². The third-order valence-corrected chi connectivity index (χ3v) is 12.6. The zero-order chi connectivity index (χ0) is 45.0. The molecule has 61 heavy (non-hydrogen) atoms. The van der Waals surface area contributed by atoms with Gasteiger partial charge in [0.25, 0.3) is 0 Å². The molecule has 0 aromatic carbocycles. The number of carbonyl (C=O) groups is 1. The maximum Gasteiger partial charge on any atom is 0.472 e. The molecule has 0 radical (unpaired) electrons. The first-order chi connectivity index (χ1) is 29.5. The summed E-state index contributed by atoms with van der Waals surface area (Å²) in [6.45, 7) is 4.81. The number of carbonyl (C=O) groups excluding carboxylic acids is 1. The molecule has 8 nitrogen and oxygen atoms in total. The maximum atomic E-state index is 12.9. The molecule has 0 saturated carbocycles. The average Bonchev–Trinajstić information content (AvgIpc) is 3.21. The third kappa shape index (κ3) is 46.5. The molecule has 0 aromatic rings. The molecule has 0 heterocycles. The van der Waals surface area contributed by atoms with E-state index in [1.807, 2.05) is 27.2 Å². The summed E-state index contributed by atoms with van der Waals surface area (Å²) >= 11 is 0. The van der Waals surface area contributed by atoms with E-state index in [0.717, 1.165) is 44.9 Å². The second-order valence-corrected chi connectivity index (χ2v) is 20.3. The van der Waals surface area contributed by atoms with E-state index in [1.165, 1.54) is 173 Å². The molecule has 0 saturated heterocycles. The highest BCUT2D eigenvalue weighted by Crippen LogP contribution is 2.43. The lowest BCUT2D eigenvalue weighted by atomic mass is 10.0. The van der Waals surface area contributed by atoms with Gasteiger partial charge in [-0.2, -0.15) is 0 Å². The van der Waals surface area contributed by atoms with E-state index >= 15 is 0 Å². The van der Waals surface area contributed by atoms with Crippen molar-refractivity contribution in [2.75, 3.05) is 40.9 Å². The van der Waals surface area contributed by atoms with Crippen LogP contribution in [-0.2, 0) is 18.4 Å². The fourth-order valence-electron chi connectivity index (χ4n) is 7.49. The Morgan fingerprint density at radius 2 is 0.902 bits per heavy atom. The van der Waals surface area contributed by atoms with Gasteiger partial charge in [-0.3, -0.25) is 13.8 Å². The number of nitrogens with one attached hydrogen (secondary N) is 1. The number of phosphoric acid groups is 1. The van der Waals surface area contributed by atoms with E-state index in [0.29, 0.717) is 17.4 Å². The fraction of sp³-hybridized carbons (Fsp3) is 0.865. The van der Waals surface area contributed by atoms with Crippen molar-refractivity contribution in [2.24, 2.45) is 0 Å². The van der Waals surface area contributed by atoms with Gasteiger partial charge in [0, 0.05) is 6.42 Å². The largest absolute Gasteiger partial charge is 0.472 e. The van der Waals surface area contributed by atoms with Crippen LogP contribution in [0.2, 0.25) is 0 Å². The van der Waals surface area contributed by atoms with Crippen LogP contribution < -0.4 is 5.32 Å². The summed E-state index contributed by atoms with van der Waals surface area (Å²) in [7, 11) is 1.55. The second-order valence-electron chi connectivity index (χ2n) is 18.9. The Morgan fingerprint density at radius 3 is 1.31 bits per heavy atom. The normalized spacial score (nSPS) is 14.4. The first-order valence-electron chi connectivity index (χ1n) is 25.9. The number of likely N-dealkylation sites (N-methyl/N-ethyl adjacent to an activating group) is 1. The standard InChI is InChI=1S/C52H101N2O6P/c1-6-8-10-12-14-16-18-20-22-24-26-28-30-32-34-36-38-40-42-44-46-52(56)53-50(49-60-61(57,58)59-48-47-54(3,4)5)51(55)45-43-41-39-37-35-33-31-29-27-25-23-21-19-17-15-13-11-9-7-2/h27,29,35,37,43,45,50-51,55H,6-26,28,30-34,36,38-42,44,46-49H2,1-5H3,(H-,53,56,57,58)/p+1/b29-27+,37-35+,45-43+. The Hall–Kier alpha value is -1.28. The molecule has 3 atom stereocenters. The van der Waals surface area contributed by atoms with Crippen LogP contribution in [0.3, 0.4) is 0 Å². The number of hydrogen-bond acceptors (Lipinski definition) is 5. The van der Waals surface area contributed by atoms with E-state index in [4.69, 9.17) is 9.05 Å². The molecule has 3 N–H and O–H groups in total. The lowest BCUT2D eigenvalue weighted by molar-refractivity contribution is -0.870. The van der Waals surface area contributed by atoms with Crippen molar-refractivity contribution < 1.29 is 32.9 Å². The van der Waals surface area contributed by atoms with Gasteiger partial charge in [0.2, 0.25) is 5.91 Å². The molecule has 0 aliphatic rings. The summed E-state index contributed by atoms with van der Waals surface area (Å²) in [6.07, 6.45) is 55.1. The molecule has 0 spiro atoms. The van der Waals surface area contributed by atoms with Crippen molar-refractivity contribution in [3.63, 3.8) is 0 Å². The van der Waals surface area contributed by atoms with Gasteiger partial charge in [-0.15, -0.1) is 0 Å². The number of hydrogen-bond donors (Lipinski definition) is 3. The Labute approximate surface area is 378 Å². The molecule has 3 unspecified atom stereocenters. The van der Waals surface area contributed by atoms with E-state index in [1.54, 1.807) is 6.08 Å². The number of allylic oxidation sites excluding steroid dienone is 5. The highest BCUT2D eigenvalue weighted by molar-refractivity contribution is 7.47. The Bertz CT molecular complexity index is 1090. The summed E-state index contributed by atoms with van der Waals surface area (Å²) in [5.41, 5.74) is 0. The quantitative estimate of drug-likeness (QED) is 0.0243. The van der Waals surface area contributed by atoms with Crippen LogP contribution in [0, 0.1) is 0 Å². The van der Waals surface area contributed by atoms with Crippen LogP contribution in [-0.4, -0.2) is 73.4 Å². The van der Waals surface area contributed by atoms with Gasteiger partial charge in [0.05, 0.1) is 39.9 Å². The zero-order valence-electron chi connectivity index (χ0n) is 40.9. The molecule has 0 aliphatic carbocycles. The van der Waals surface area contributed by atoms with Crippen molar-refractivity contribution in [3.05, 3.63) is 36.5 Å². The number of aliphatic hydroxyl groups is 1. The van der Waals surface area contributed by atoms with Crippen LogP contribution in [0.15, 0.2) is 36.5 Å². The number of phosphoric ester groups is 1. The van der Waals surface area contributed by atoms with Crippen LogP contribution in [0.1, 0.15) is 239 Å². The molecule has 0 fully saturated rings. The third-order valence-electron chi connectivity index (χ3n) is 11.6. The van der Waals surface area contributed by atoms with Crippen molar-refractivity contribution in [2.45, 2.75) is 251 Å². The van der Waals surface area contributed by atoms with Crippen LogP contribution in [0.25, 0.3) is 0 Å². The van der Waals surface area contributed by atoms with Crippen molar-refractivity contribution in [1.29, 1.82) is 0 Å². The second kappa shape index (κ2) is 43.9.